The fourth-order valence-electron chi connectivity index (χ4n) is 2.43. The Morgan fingerprint density at radius 2 is 1.88 bits per heavy atom. The molecule has 0 amide bonds. The van der Waals surface area contributed by atoms with E-state index >= 15 is 0 Å². The molecule has 0 saturated heterocycles. The number of aryl methyl sites for hydroxylation is 1. The SMILES string of the molecule is CCOc1ccccc1CCCNS(=O)(=O)c1cc(Br)ccc1OC. The van der Waals surface area contributed by atoms with Crippen LogP contribution in [-0.2, 0) is 16.4 Å². The van der Waals surface area contributed by atoms with Crippen molar-refractivity contribution < 1.29 is 17.9 Å². The molecule has 2 rings (SSSR count). The predicted molar refractivity (Wildman–Crippen MR) is 102 cm³/mol. The van der Waals surface area contributed by atoms with E-state index < -0.39 is 10.0 Å². The number of halogens is 1. The number of hydrogen-bond acceptors (Lipinski definition) is 4. The Balaban J connectivity index is 1.99. The summed E-state index contributed by atoms with van der Waals surface area (Å²) in [5, 5.41) is 0. The van der Waals surface area contributed by atoms with E-state index in [2.05, 4.69) is 20.7 Å². The summed E-state index contributed by atoms with van der Waals surface area (Å²) in [6.45, 7) is 2.88. The van der Waals surface area contributed by atoms with Crippen LogP contribution in [0.15, 0.2) is 51.8 Å². The van der Waals surface area contributed by atoms with Crippen LogP contribution in [0, 0.1) is 0 Å². The molecule has 136 valence electrons. The van der Waals surface area contributed by atoms with Crippen LogP contribution in [0.25, 0.3) is 0 Å². The van der Waals surface area contributed by atoms with Crippen molar-refractivity contribution in [3.8, 4) is 11.5 Å². The Kier molecular flexibility index (Phi) is 7.28. The molecule has 0 aliphatic heterocycles. The second-order valence-electron chi connectivity index (χ2n) is 5.34. The lowest BCUT2D eigenvalue weighted by Crippen LogP contribution is -2.25. The van der Waals surface area contributed by atoms with Gasteiger partial charge >= 0.3 is 0 Å². The van der Waals surface area contributed by atoms with Gasteiger partial charge in [-0.05, 0) is 49.6 Å². The van der Waals surface area contributed by atoms with E-state index in [1.807, 2.05) is 31.2 Å². The lowest BCUT2D eigenvalue weighted by atomic mass is 10.1. The molecule has 5 nitrogen and oxygen atoms in total. The van der Waals surface area contributed by atoms with E-state index in [1.54, 1.807) is 12.1 Å². The van der Waals surface area contributed by atoms with E-state index in [1.165, 1.54) is 13.2 Å². The van der Waals surface area contributed by atoms with Gasteiger partial charge < -0.3 is 9.47 Å². The quantitative estimate of drug-likeness (QED) is 0.618. The normalized spacial score (nSPS) is 11.3. The minimum Gasteiger partial charge on any atom is -0.495 e. The highest BCUT2D eigenvalue weighted by atomic mass is 79.9. The molecule has 0 heterocycles. The topological polar surface area (TPSA) is 64.6 Å². The van der Waals surface area contributed by atoms with E-state index in [0.717, 1.165) is 17.7 Å². The third kappa shape index (κ3) is 5.45. The van der Waals surface area contributed by atoms with Crippen LogP contribution >= 0.6 is 15.9 Å². The second-order valence-corrected chi connectivity index (χ2v) is 7.99. The zero-order valence-corrected chi connectivity index (χ0v) is 16.7. The maximum Gasteiger partial charge on any atom is 0.244 e. The van der Waals surface area contributed by atoms with Crippen molar-refractivity contribution in [2.24, 2.45) is 0 Å². The number of methoxy groups -OCH3 is 1. The van der Waals surface area contributed by atoms with Gasteiger partial charge in [-0.25, -0.2) is 13.1 Å². The third-order valence-electron chi connectivity index (χ3n) is 3.60. The first-order chi connectivity index (χ1) is 12.0. The summed E-state index contributed by atoms with van der Waals surface area (Å²) in [6, 6.07) is 12.7. The molecule has 0 aliphatic carbocycles. The Labute approximate surface area is 157 Å². The second kappa shape index (κ2) is 9.22. The molecule has 0 unspecified atom stereocenters. The fourth-order valence-corrected chi connectivity index (χ4v) is 4.21. The first-order valence-corrected chi connectivity index (χ1v) is 10.3. The van der Waals surface area contributed by atoms with Crippen molar-refractivity contribution in [3.63, 3.8) is 0 Å². The average molecular weight is 428 g/mol. The Morgan fingerprint density at radius 1 is 1.12 bits per heavy atom. The molecule has 0 atom stereocenters. The summed E-state index contributed by atoms with van der Waals surface area (Å²) in [6.07, 6.45) is 1.40. The molecule has 0 radical (unpaired) electrons. The van der Waals surface area contributed by atoms with Gasteiger partial charge in [-0.2, -0.15) is 0 Å². The highest BCUT2D eigenvalue weighted by molar-refractivity contribution is 9.10. The Bertz CT molecular complexity index is 808. The molecule has 0 fully saturated rings. The van der Waals surface area contributed by atoms with E-state index in [4.69, 9.17) is 9.47 Å². The van der Waals surface area contributed by atoms with Gasteiger partial charge in [-0.3, -0.25) is 0 Å². The molecule has 0 bridgehead atoms. The van der Waals surface area contributed by atoms with Crippen molar-refractivity contribution in [1.82, 2.24) is 4.72 Å². The van der Waals surface area contributed by atoms with E-state index in [0.29, 0.717) is 29.8 Å². The molecule has 25 heavy (non-hydrogen) atoms. The minimum absolute atomic E-state index is 0.124. The maximum absolute atomic E-state index is 12.5. The predicted octanol–water partition coefficient (Wildman–Crippen LogP) is 3.77. The summed E-state index contributed by atoms with van der Waals surface area (Å²) < 4.78 is 39.1. The lowest BCUT2D eigenvalue weighted by Gasteiger charge is -2.12. The van der Waals surface area contributed by atoms with Gasteiger partial charge in [0, 0.05) is 11.0 Å². The number of rotatable bonds is 9. The maximum atomic E-state index is 12.5. The Morgan fingerprint density at radius 3 is 2.60 bits per heavy atom. The first kappa shape index (κ1) is 19.8. The molecular weight excluding hydrogens is 406 g/mol. The zero-order valence-electron chi connectivity index (χ0n) is 14.3. The molecule has 0 saturated carbocycles. The summed E-state index contributed by atoms with van der Waals surface area (Å²) in [4.78, 5) is 0.124. The smallest absolute Gasteiger partial charge is 0.244 e. The van der Waals surface area contributed by atoms with Gasteiger partial charge in [-0.15, -0.1) is 0 Å². The standard InChI is InChI=1S/C18H22BrNO4S/c1-3-24-16-9-5-4-7-14(16)8-6-12-20-25(21,22)18-13-15(19)10-11-17(18)23-2/h4-5,7,9-11,13,20H,3,6,8,12H2,1-2H3. The van der Waals surface area contributed by atoms with Crippen LogP contribution in [0.5, 0.6) is 11.5 Å². The lowest BCUT2D eigenvalue weighted by molar-refractivity contribution is 0.336. The zero-order chi connectivity index (χ0) is 18.3. The van der Waals surface area contributed by atoms with Gasteiger partial charge in [0.15, 0.2) is 0 Å². The van der Waals surface area contributed by atoms with Gasteiger partial charge in [-0.1, -0.05) is 34.1 Å². The van der Waals surface area contributed by atoms with Crippen LogP contribution < -0.4 is 14.2 Å². The summed E-state index contributed by atoms with van der Waals surface area (Å²) in [7, 11) is -2.19. The van der Waals surface area contributed by atoms with Crippen LogP contribution in [0.3, 0.4) is 0 Å². The molecular formula is C18H22BrNO4S. The van der Waals surface area contributed by atoms with Crippen molar-refractivity contribution in [3.05, 3.63) is 52.5 Å². The average Bonchev–Trinajstić information content (AvgIpc) is 2.60. The molecule has 1 N–H and O–H groups in total. The monoisotopic (exact) mass is 427 g/mol. The van der Waals surface area contributed by atoms with Crippen molar-refractivity contribution in [1.29, 1.82) is 0 Å². The number of sulfonamides is 1. The van der Waals surface area contributed by atoms with Crippen LogP contribution in [0.4, 0.5) is 0 Å². The molecule has 0 aliphatic rings. The van der Waals surface area contributed by atoms with Crippen LogP contribution in [-0.4, -0.2) is 28.7 Å². The Hall–Kier alpha value is -1.57. The molecule has 7 heteroatoms. The van der Waals surface area contributed by atoms with E-state index in [9.17, 15) is 8.42 Å². The van der Waals surface area contributed by atoms with Gasteiger partial charge in [0.2, 0.25) is 10.0 Å². The number of nitrogens with one attached hydrogen (secondary N) is 1. The van der Waals surface area contributed by atoms with Gasteiger partial charge in [0.25, 0.3) is 0 Å². The van der Waals surface area contributed by atoms with E-state index in [-0.39, 0.29) is 4.90 Å². The molecule has 2 aromatic carbocycles. The highest BCUT2D eigenvalue weighted by Gasteiger charge is 2.19. The largest absolute Gasteiger partial charge is 0.495 e. The number of ether oxygens (including phenoxy) is 2. The number of benzene rings is 2. The highest BCUT2D eigenvalue weighted by Crippen LogP contribution is 2.27. The summed E-state index contributed by atoms with van der Waals surface area (Å²) in [5.74, 6) is 1.17. The third-order valence-corrected chi connectivity index (χ3v) is 5.58. The first-order valence-electron chi connectivity index (χ1n) is 8.02. The number of hydrogen-bond donors (Lipinski definition) is 1. The van der Waals surface area contributed by atoms with Gasteiger partial charge in [0.05, 0.1) is 13.7 Å². The summed E-state index contributed by atoms with van der Waals surface area (Å²) >= 11 is 3.29. The minimum atomic E-state index is -3.64. The van der Waals surface area contributed by atoms with Gasteiger partial charge in [0.1, 0.15) is 16.4 Å². The number of para-hydroxylation sites is 1. The van der Waals surface area contributed by atoms with Crippen LogP contribution in [0.1, 0.15) is 18.9 Å². The molecule has 0 aromatic heterocycles. The van der Waals surface area contributed by atoms with Crippen molar-refractivity contribution in [2.45, 2.75) is 24.7 Å². The van der Waals surface area contributed by atoms with Crippen molar-refractivity contribution >= 4 is 26.0 Å². The molecule has 2 aromatic rings. The molecule has 0 spiro atoms. The summed E-state index contributed by atoms with van der Waals surface area (Å²) in [5.41, 5.74) is 1.07. The van der Waals surface area contributed by atoms with Crippen molar-refractivity contribution in [2.75, 3.05) is 20.3 Å². The fraction of sp³-hybridized carbons (Fsp3) is 0.333. The van der Waals surface area contributed by atoms with Crippen LogP contribution in [0.2, 0.25) is 0 Å².